The molecule has 3 rings (SSSR count). The van der Waals surface area contributed by atoms with Gasteiger partial charge in [-0.2, -0.15) is 5.10 Å². The van der Waals surface area contributed by atoms with Crippen molar-refractivity contribution in [1.82, 2.24) is 15.1 Å². The SMILES string of the molecule is Cc1ccc(-c2cc(C(=O)NCC(C)C)n(-c3ccc(F)cc3)n2)o1. The Labute approximate surface area is 145 Å². The van der Waals surface area contributed by atoms with E-state index < -0.39 is 0 Å². The Morgan fingerprint density at radius 1 is 1.24 bits per heavy atom. The molecule has 0 radical (unpaired) electrons. The summed E-state index contributed by atoms with van der Waals surface area (Å²) in [4.78, 5) is 12.6. The van der Waals surface area contributed by atoms with E-state index in [2.05, 4.69) is 10.4 Å². The summed E-state index contributed by atoms with van der Waals surface area (Å²) in [5, 5.41) is 7.37. The number of amides is 1. The van der Waals surface area contributed by atoms with Crippen molar-refractivity contribution in [3.63, 3.8) is 0 Å². The summed E-state index contributed by atoms with van der Waals surface area (Å²) in [6, 6.07) is 11.2. The van der Waals surface area contributed by atoms with E-state index in [1.165, 1.54) is 16.8 Å². The third-order valence-electron chi connectivity index (χ3n) is 3.68. The van der Waals surface area contributed by atoms with E-state index in [0.29, 0.717) is 35.3 Å². The molecule has 0 unspecified atom stereocenters. The van der Waals surface area contributed by atoms with Gasteiger partial charge in [0.25, 0.3) is 5.91 Å². The number of hydrogen-bond acceptors (Lipinski definition) is 3. The number of furan rings is 1. The van der Waals surface area contributed by atoms with Crippen molar-refractivity contribution in [1.29, 1.82) is 0 Å². The number of aromatic nitrogens is 2. The van der Waals surface area contributed by atoms with Gasteiger partial charge in [-0.05, 0) is 49.2 Å². The molecule has 6 heteroatoms. The first-order valence-corrected chi connectivity index (χ1v) is 8.15. The lowest BCUT2D eigenvalue weighted by atomic mass is 10.2. The number of carbonyl (C=O) groups is 1. The molecule has 1 aromatic carbocycles. The molecule has 0 aliphatic carbocycles. The predicted octanol–water partition coefficient (Wildman–Crippen LogP) is 3.97. The molecule has 0 aliphatic rings. The highest BCUT2D eigenvalue weighted by Gasteiger charge is 2.19. The summed E-state index contributed by atoms with van der Waals surface area (Å²) in [6.07, 6.45) is 0. The molecule has 25 heavy (non-hydrogen) atoms. The zero-order valence-corrected chi connectivity index (χ0v) is 14.4. The minimum Gasteiger partial charge on any atom is -0.460 e. The molecule has 0 fully saturated rings. The van der Waals surface area contributed by atoms with Gasteiger partial charge in [-0.25, -0.2) is 9.07 Å². The van der Waals surface area contributed by atoms with Crippen LogP contribution in [0.5, 0.6) is 0 Å². The number of carbonyl (C=O) groups excluding carboxylic acids is 1. The number of nitrogens with zero attached hydrogens (tertiary/aromatic N) is 2. The maximum absolute atomic E-state index is 13.2. The van der Waals surface area contributed by atoms with Gasteiger partial charge in [-0.15, -0.1) is 0 Å². The van der Waals surface area contributed by atoms with Crippen molar-refractivity contribution in [2.24, 2.45) is 5.92 Å². The van der Waals surface area contributed by atoms with Crippen LogP contribution in [0.25, 0.3) is 17.1 Å². The van der Waals surface area contributed by atoms with Crippen molar-refractivity contribution in [3.8, 4) is 17.1 Å². The van der Waals surface area contributed by atoms with Crippen LogP contribution in [0.2, 0.25) is 0 Å². The lowest BCUT2D eigenvalue weighted by Gasteiger charge is -2.09. The topological polar surface area (TPSA) is 60.1 Å². The zero-order valence-electron chi connectivity index (χ0n) is 14.4. The second-order valence-corrected chi connectivity index (χ2v) is 6.32. The smallest absolute Gasteiger partial charge is 0.270 e. The fourth-order valence-corrected chi connectivity index (χ4v) is 2.40. The Bertz CT molecular complexity index is 878. The van der Waals surface area contributed by atoms with Gasteiger partial charge < -0.3 is 9.73 Å². The lowest BCUT2D eigenvalue weighted by Crippen LogP contribution is -2.29. The van der Waals surface area contributed by atoms with Gasteiger partial charge in [0.15, 0.2) is 5.76 Å². The second kappa shape index (κ2) is 6.93. The van der Waals surface area contributed by atoms with Gasteiger partial charge in [0.1, 0.15) is 23.0 Å². The lowest BCUT2D eigenvalue weighted by molar-refractivity contribution is 0.0941. The van der Waals surface area contributed by atoms with E-state index in [-0.39, 0.29) is 11.7 Å². The molecule has 5 nitrogen and oxygen atoms in total. The van der Waals surface area contributed by atoms with Crippen LogP contribution in [0.4, 0.5) is 4.39 Å². The Morgan fingerprint density at radius 3 is 2.56 bits per heavy atom. The van der Waals surface area contributed by atoms with Gasteiger partial charge in [-0.1, -0.05) is 13.8 Å². The van der Waals surface area contributed by atoms with Gasteiger partial charge in [0, 0.05) is 12.6 Å². The van der Waals surface area contributed by atoms with Crippen molar-refractivity contribution in [2.45, 2.75) is 20.8 Å². The quantitative estimate of drug-likeness (QED) is 0.764. The van der Waals surface area contributed by atoms with E-state index in [0.717, 1.165) is 5.76 Å². The molecule has 2 heterocycles. The first kappa shape index (κ1) is 17.0. The molecule has 0 atom stereocenters. The van der Waals surface area contributed by atoms with Crippen LogP contribution in [0.15, 0.2) is 46.9 Å². The third kappa shape index (κ3) is 3.79. The number of hydrogen-bond donors (Lipinski definition) is 1. The van der Waals surface area contributed by atoms with Crippen LogP contribution in [-0.2, 0) is 0 Å². The summed E-state index contributed by atoms with van der Waals surface area (Å²) in [7, 11) is 0. The summed E-state index contributed by atoms with van der Waals surface area (Å²) in [5.41, 5.74) is 1.52. The van der Waals surface area contributed by atoms with Gasteiger partial charge in [-0.3, -0.25) is 4.79 Å². The summed E-state index contributed by atoms with van der Waals surface area (Å²) >= 11 is 0. The normalized spacial score (nSPS) is 11.1. The van der Waals surface area contributed by atoms with Crippen LogP contribution < -0.4 is 5.32 Å². The molecule has 0 saturated carbocycles. The maximum Gasteiger partial charge on any atom is 0.270 e. The molecule has 2 aromatic heterocycles. The molecular formula is C19H20FN3O2. The minimum atomic E-state index is -0.344. The Morgan fingerprint density at radius 2 is 1.96 bits per heavy atom. The highest BCUT2D eigenvalue weighted by molar-refractivity contribution is 5.94. The summed E-state index contributed by atoms with van der Waals surface area (Å²) < 4.78 is 20.3. The van der Waals surface area contributed by atoms with E-state index in [9.17, 15) is 9.18 Å². The zero-order chi connectivity index (χ0) is 18.0. The van der Waals surface area contributed by atoms with Crippen molar-refractivity contribution in [3.05, 3.63) is 59.7 Å². The number of rotatable bonds is 5. The molecule has 1 N–H and O–H groups in total. The predicted molar refractivity (Wildman–Crippen MR) is 93.1 cm³/mol. The van der Waals surface area contributed by atoms with Crippen LogP contribution in [-0.4, -0.2) is 22.2 Å². The number of nitrogens with one attached hydrogen (secondary N) is 1. The van der Waals surface area contributed by atoms with Gasteiger partial charge >= 0.3 is 0 Å². The van der Waals surface area contributed by atoms with Gasteiger partial charge in [0.05, 0.1) is 5.69 Å². The van der Waals surface area contributed by atoms with E-state index in [1.807, 2.05) is 32.9 Å². The maximum atomic E-state index is 13.2. The van der Waals surface area contributed by atoms with Crippen LogP contribution >= 0.6 is 0 Å². The van der Waals surface area contributed by atoms with Gasteiger partial charge in [0.2, 0.25) is 0 Å². The average molecular weight is 341 g/mol. The van der Waals surface area contributed by atoms with Crippen LogP contribution in [0.3, 0.4) is 0 Å². The third-order valence-corrected chi connectivity index (χ3v) is 3.68. The highest BCUT2D eigenvalue weighted by atomic mass is 19.1. The minimum absolute atomic E-state index is 0.236. The number of benzene rings is 1. The molecule has 1 amide bonds. The summed E-state index contributed by atoms with van der Waals surface area (Å²) in [5.74, 6) is 1.09. The van der Waals surface area contributed by atoms with Crippen LogP contribution in [0, 0.1) is 18.7 Å². The largest absolute Gasteiger partial charge is 0.460 e. The van der Waals surface area contributed by atoms with Crippen LogP contribution in [0.1, 0.15) is 30.1 Å². The molecule has 0 bridgehead atoms. The van der Waals surface area contributed by atoms with Crippen molar-refractivity contribution in [2.75, 3.05) is 6.54 Å². The number of halogens is 1. The Kier molecular flexibility index (Phi) is 4.70. The monoisotopic (exact) mass is 341 g/mol. The second-order valence-electron chi connectivity index (χ2n) is 6.32. The first-order chi connectivity index (χ1) is 11.9. The molecule has 3 aromatic rings. The number of aryl methyl sites for hydroxylation is 1. The fraction of sp³-hybridized carbons (Fsp3) is 0.263. The summed E-state index contributed by atoms with van der Waals surface area (Å²) in [6.45, 7) is 6.45. The van der Waals surface area contributed by atoms with E-state index in [4.69, 9.17) is 4.42 Å². The van der Waals surface area contributed by atoms with Crippen molar-refractivity contribution >= 4 is 5.91 Å². The van der Waals surface area contributed by atoms with E-state index in [1.54, 1.807) is 18.2 Å². The fourth-order valence-electron chi connectivity index (χ4n) is 2.40. The molecule has 130 valence electrons. The molecule has 0 saturated heterocycles. The Balaban J connectivity index is 2.02. The average Bonchev–Trinajstić information content (AvgIpc) is 3.19. The molecule has 0 spiro atoms. The van der Waals surface area contributed by atoms with Crippen molar-refractivity contribution < 1.29 is 13.6 Å². The first-order valence-electron chi connectivity index (χ1n) is 8.15. The standard InChI is InChI=1S/C19H20FN3O2/c1-12(2)11-21-19(24)17-10-16(18-9-4-13(3)25-18)22-23(17)15-7-5-14(20)6-8-15/h4-10,12H,11H2,1-3H3,(H,21,24). The molecular weight excluding hydrogens is 321 g/mol. The highest BCUT2D eigenvalue weighted by Crippen LogP contribution is 2.24. The Hall–Kier alpha value is -2.89. The van der Waals surface area contributed by atoms with E-state index >= 15 is 0 Å². The molecule has 0 aliphatic heterocycles.